The number of nitrogens with zero attached hydrogens (tertiary/aromatic N) is 1. The smallest absolute Gasteiger partial charge is 0.308 e. The average molecular weight is 430 g/mol. The molecule has 7 nitrogen and oxygen atoms in total. The maximum atomic E-state index is 11.7. The minimum atomic E-state index is -0.395. The first-order valence-corrected chi connectivity index (χ1v) is 11.0. The number of esters is 2. The highest BCUT2D eigenvalue weighted by Crippen LogP contribution is 2.62. The van der Waals surface area contributed by atoms with Gasteiger partial charge in [0.1, 0.15) is 13.2 Å². The van der Waals surface area contributed by atoms with E-state index in [2.05, 4.69) is 12.1 Å². The standard InChI is InChI=1S/C24H31NO6/c1-13(26)30-22-12-18-16(11-21(22)28-4)15-8-9-24(3)19(6-7-23(24)31-14(2)27)17(15)10-20(18)25-29-5/h11-12,15,17,19,23H,6-10H2,1-5H3/b25-20-/t15-,17-,19+,23+,24+/m1/s1. The molecule has 0 bridgehead atoms. The molecule has 0 spiro atoms. The molecule has 2 fully saturated rings. The largest absolute Gasteiger partial charge is 0.493 e. The van der Waals surface area contributed by atoms with Crippen LogP contribution in [0.25, 0.3) is 0 Å². The molecule has 0 aliphatic heterocycles. The summed E-state index contributed by atoms with van der Waals surface area (Å²) >= 11 is 0. The molecule has 0 saturated heterocycles. The third-order valence-corrected chi connectivity index (χ3v) is 7.59. The van der Waals surface area contributed by atoms with Gasteiger partial charge in [-0.2, -0.15) is 0 Å². The van der Waals surface area contributed by atoms with Gasteiger partial charge < -0.3 is 19.0 Å². The summed E-state index contributed by atoms with van der Waals surface area (Å²) in [6.07, 6.45) is 4.70. The van der Waals surface area contributed by atoms with Gasteiger partial charge in [0.2, 0.25) is 0 Å². The van der Waals surface area contributed by atoms with Crippen LogP contribution in [-0.2, 0) is 19.2 Å². The van der Waals surface area contributed by atoms with Crippen molar-refractivity contribution >= 4 is 17.7 Å². The van der Waals surface area contributed by atoms with Crippen LogP contribution in [0.3, 0.4) is 0 Å². The molecule has 4 rings (SSSR count). The van der Waals surface area contributed by atoms with Crippen molar-refractivity contribution in [3.8, 4) is 11.5 Å². The Labute approximate surface area is 183 Å². The van der Waals surface area contributed by atoms with Crippen molar-refractivity contribution in [2.24, 2.45) is 22.4 Å². The Morgan fingerprint density at radius 1 is 1.06 bits per heavy atom. The molecular formula is C24H31NO6. The molecule has 0 amide bonds. The second-order valence-corrected chi connectivity index (χ2v) is 9.21. The van der Waals surface area contributed by atoms with E-state index >= 15 is 0 Å². The Kier molecular flexibility index (Phi) is 5.71. The van der Waals surface area contributed by atoms with Crippen molar-refractivity contribution in [3.63, 3.8) is 0 Å². The number of fused-ring (bicyclic) bond motifs is 5. The summed E-state index contributed by atoms with van der Waals surface area (Å²) in [5.41, 5.74) is 2.95. The summed E-state index contributed by atoms with van der Waals surface area (Å²) < 4.78 is 16.7. The molecule has 1 aromatic carbocycles. The summed E-state index contributed by atoms with van der Waals surface area (Å²) in [5.74, 6) is 1.51. The second kappa shape index (κ2) is 8.17. The number of benzene rings is 1. The molecule has 0 N–H and O–H groups in total. The fraction of sp³-hybridized carbons (Fsp3) is 0.625. The Balaban J connectivity index is 1.75. The number of methoxy groups -OCH3 is 1. The van der Waals surface area contributed by atoms with Gasteiger partial charge in [0.05, 0.1) is 12.8 Å². The van der Waals surface area contributed by atoms with Crippen LogP contribution in [0.5, 0.6) is 11.5 Å². The monoisotopic (exact) mass is 429 g/mol. The van der Waals surface area contributed by atoms with Gasteiger partial charge in [0.25, 0.3) is 0 Å². The zero-order valence-corrected chi connectivity index (χ0v) is 18.9. The van der Waals surface area contributed by atoms with E-state index in [0.717, 1.165) is 48.9 Å². The number of carbonyl (C=O) groups is 2. The maximum Gasteiger partial charge on any atom is 0.308 e. The van der Waals surface area contributed by atoms with Crippen LogP contribution in [0.15, 0.2) is 17.3 Å². The van der Waals surface area contributed by atoms with E-state index in [-0.39, 0.29) is 17.5 Å². The number of carbonyl (C=O) groups excluding carboxylic acids is 2. The first-order valence-electron chi connectivity index (χ1n) is 11.0. The van der Waals surface area contributed by atoms with Gasteiger partial charge in [-0.3, -0.25) is 9.59 Å². The molecule has 5 atom stereocenters. The normalized spacial score (nSPS) is 32.5. The van der Waals surface area contributed by atoms with E-state index in [4.69, 9.17) is 19.0 Å². The molecule has 3 aliphatic rings. The van der Waals surface area contributed by atoms with Gasteiger partial charge in [-0.25, -0.2) is 0 Å². The van der Waals surface area contributed by atoms with Crippen molar-refractivity contribution in [2.75, 3.05) is 14.2 Å². The van der Waals surface area contributed by atoms with Crippen molar-refractivity contribution in [2.45, 2.75) is 64.9 Å². The average Bonchev–Trinajstić information content (AvgIpc) is 3.03. The van der Waals surface area contributed by atoms with E-state index in [1.807, 2.05) is 12.1 Å². The molecule has 0 radical (unpaired) electrons. The summed E-state index contributed by atoms with van der Waals surface area (Å²) in [4.78, 5) is 28.4. The van der Waals surface area contributed by atoms with Crippen molar-refractivity contribution < 1.29 is 28.6 Å². The molecule has 2 saturated carbocycles. The predicted molar refractivity (Wildman–Crippen MR) is 114 cm³/mol. The Morgan fingerprint density at radius 3 is 2.48 bits per heavy atom. The Bertz CT molecular complexity index is 925. The lowest BCUT2D eigenvalue weighted by molar-refractivity contribution is -0.154. The third-order valence-electron chi connectivity index (χ3n) is 7.59. The van der Waals surface area contributed by atoms with E-state index < -0.39 is 5.97 Å². The molecule has 0 aromatic heterocycles. The topological polar surface area (TPSA) is 83.4 Å². The highest BCUT2D eigenvalue weighted by molar-refractivity contribution is 6.03. The van der Waals surface area contributed by atoms with Gasteiger partial charge in [0.15, 0.2) is 11.5 Å². The third kappa shape index (κ3) is 3.68. The SMILES string of the molecule is CO/N=C1/C[C@@H]2[C@H](CC[C@]3(C)[C@@H](OC(C)=O)CC[C@@H]23)c2cc(OC)c(OC(C)=O)cc21. The van der Waals surface area contributed by atoms with Crippen LogP contribution in [0.4, 0.5) is 0 Å². The molecule has 0 heterocycles. The fourth-order valence-electron chi connectivity index (χ4n) is 6.36. The number of rotatable bonds is 4. The molecular weight excluding hydrogens is 398 g/mol. The first kappa shape index (κ1) is 21.7. The highest BCUT2D eigenvalue weighted by atomic mass is 16.6. The number of ether oxygens (including phenoxy) is 3. The van der Waals surface area contributed by atoms with Crippen LogP contribution < -0.4 is 9.47 Å². The summed E-state index contributed by atoms with van der Waals surface area (Å²) in [6.45, 7) is 5.15. The van der Waals surface area contributed by atoms with Crippen molar-refractivity contribution in [3.05, 3.63) is 23.3 Å². The van der Waals surface area contributed by atoms with Crippen LogP contribution in [0.1, 0.15) is 69.9 Å². The Morgan fingerprint density at radius 2 is 1.84 bits per heavy atom. The number of oxime groups is 1. The lowest BCUT2D eigenvalue weighted by atomic mass is 9.55. The van der Waals surface area contributed by atoms with E-state index in [1.165, 1.54) is 13.8 Å². The van der Waals surface area contributed by atoms with Gasteiger partial charge in [-0.1, -0.05) is 12.1 Å². The van der Waals surface area contributed by atoms with Crippen LogP contribution in [0.2, 0.25) is 0 Å². The van der Waals surface area contributed by atoms with E-state index in [0.29, 0.717) is 29.3 Å². The summed E-state index contributed by atoms with van der Waals surface area (Å²) in [5, 5.41) is 4.35. The molecule has 3 aliphatic carbocycles. The summed E-state index contributed by atoms with van der Waals surface area (Å²) in [7, 11) is 3.13. The second-order valence-electron chi connectivity index (χ2n) is 9.21. The summed E-state index contributed by atoms with van der Waals surface area (Å²) in [6, 6.07) is 3.85. The van der Waals surface area contributed by atoms with Crippen molar-refractivity contribution in [1.29, 1.82) is 0 Å². The van der Waals surface area contributed by atoms with E-state index in [1.54, 1.807) is 14.2 Å². The quantitative estimate of drug-likeness (QED) is 0.405. The molecule has 0 unspecified atom stereocenters. The predicted octanol–water partition coefficient (Wildman–Crippen LogP) is 4.22. The zero-order valence-electron chi connectivity index (χ0n) is 18.9. The first-order chi connectivity index (χ1) is 14.8. The number of hydrogen-bond acceptors (Lipinski definition) is 7. The van der Waals surface area contributed by atoms with Gasteiger partial charge in [-0.05, 0) is 67.6 Å². The molecule has 31 heavy (non-hydrogen) atoms. The minimum Gasteiger partial charge on any atom is -0.493 e. The lowest BCUT2D eigenvalue weighted by Crippen LogP contribution is -2.46. The van der Waals surface area contributed by atoms with Crippen molar-refractivity contribution in [1.82, 2.24) is 0 Å². The molecule has 7 heteroatoms. The Hall–Kier alpha value is -2.57. The van der Waals surface area contributed by atoms with Crippen LogP contribution >= 0.6 is 0 Å². The zero-order chi connectivity index (χ0) is 22.3. The van der Waals surface area contributed by atoms with Gasteiger partial charge in [0, 0.05) is 24.8 Å². The maximum absolute atomic E-state index is 11.7. The van der Waals surface area contributed by atoms with E-state index in [9.17, 15) is 9.59 Å². The molecule has 1 aromatic rings. The lowest BCUT2D eigenvalue weighted by Gasteiger charge is -2.50. The van der Waals surface area contributed by atoms with Gasteiger partial charge >= 0.3 is 11.9 Å². The number of hydrogen-bond donors (Lipinski definition) is 0. The van der Waals surface area contributed by atoms with Crippen LogP contribution in [-0.4, -0.2) is 38.0 Å². The minimum absolute atomic E-state index is 0.0235. The fourth-order valence-corrected chi connectivity index (χ4v) is 6.36. The highest BCUT2D eigenvalue weighted by Gasteiger charge is 2.57. The van der Waals surface area contributed by atoms with Gasteiger partial charge in [-0.15, -0.1) is 0 Å². The molecule has 168 valence electrons. The van der Waals surface area contributed by atoms with Crippen LogP contribution in [0, 0.1) is 17.3 Å².